The summed E-state index contributed by atoms with van der Waals surface area (Å²) in [4.78, 5) is 19.9. The summed E-state index contributed by atoms with van der Waals surface area (Å²) >= 11 is 1.53. The van der Waals surface area contributed by atoms with Gasteiger partial charge in [-0.15, -0.1) is 11.3 Å². The molecule has 1 aromatic heterocycles. The molecule has 0 radical (unpaired) electrons. The standard InChI is InChI=1S/C19H26N3O4S/c1-14(23)22(24,26-20)19(15-5-3-2-4-6-15)16-7-9-18(10-8-16)25-11-17-12-27-13-21-17/h7-10,12-13,15,19,24H,2-6,11,20H2,1H3/q+1. The Labute approximate surface area is 162 Å². The van der Waals surface area contributed by atoms with Gasteiger partial charge in [0.1, 0.15) is 12.4 Å². The van der Waals surface area contributed by atoms with E-state index in [-0.39, 0.29) is 5.92 Å². The first-order valence-corrected chi connectivity index (χ1v) is 10.1. The number of nitrogens with two attached hydrogens (primary N) is 1. The summed E-state index contributed by atoms with van der Waals surface area (Å²) in [7, 11) is 0. The van der Waals surface area contributed by atoms with Gasteiger partial charge in [0.25, 0.3) is 0 Å². The molecule has 0 bridgehead atoms. The van der Waals surface area contributed by atoms with Gasteiger partial charge >= 0.3 is 5.91 Å². The number of ether oxygens (including phenoxy) is 1. The molecule has 27 heavy (non-hydrogen) atoms. The maximum atomic E-state index is 12.1. The quantitative estimate of drug-likeness (QED) is 0.422. The Balaban J connectivity index is 1.81. The van der Waals surface area contributed by atoms with Gasteiger partial charge in [-0.1, -0.05) is 24.2 Å². The number of carbonyl (C=O) groups excluding carboxylic acids is 1. The molecule has 7 nitrogen and oxygen atoms in total. The predicted molar refractivity (Wildman–Crippen MR) is 100 cm³/mol. The predicted octanol–water partition coefficient (Wildman–Crippen LogP) is 3.90. The third-order valence-electron chi connectivity index (χ3n) is 5.18. The number of hydrogen-bond acceptors (Lipinski definition) is 7. The number of rotatable bonds is 7. The maximum Gasteiger partial charge on any atom is 0.377 e. The van der Waals surface area contributed by atoms with Gasteiger partial charge in [-0.25, -0.2) is 9.78 Å². The van der Waals surface area contributed by atoms with E-state index < -0.39 is 16.8 Å². The lowest BCUT2D eigenvalue weighted by Gasteiger charge is -2.36. The maximum absolute atomic E-state index is 12.1. The summed E-state index contributed by atoms with van der Waals surface area (Å²) in [6.45, 7) is 1.68. The molecular formula is C19H26N3O4S+. The fourth-order valence-corrected chi connectivity index (χ4v) is 4.32. The molecule has 1 saturated carbocycles. The van der Waals surface area contributed by atoms with Crippen LogP contribution in [0.15, 0.2) is 35.2 Å². The number of thiazole rings is 1. The van der Waals surface area contributed by atoms with Crippen LogP contribution in [-0.2, 0) is 16.3 Å². The minimum atomic E-state index is -1.25. The van der Waals surface area contributed by atoms with Gasteiger partial charge in [-0.2, -0.15) is 11.1 Å². The molecule has 1 fully saturated rings. The van der Waals surface area contributed by atoms with Crippen LogP contribution in [0.1, 0.15) is 56.3 Å². The fraction of sp³-hybridized carbons (Fsp3) is 0.474. The van der Waals surface area contributed by atoms with Gasteiger partial charge in [0, 0.05) is 21.7 Å². The smallest absolute Gasteiger partial charge is 0.377 e. The summed E-state index contributed by atoms with van der Waals surface area (Å²) in [5.74, 6) is 5.62. The van der Waals surface area contributed by atoms with Crippen molar-refractivity contribution < 1.29 is 24.5 Å². The lowest BCUT2D eigenvalue weighted by Crippen LogP contribution is -2.55. The van der Waals surface area contributed by atoms with E-state index in [0.29, 0.717) is 12.4 Å². The second-order valence-electron chi connectivity index (χ2n) is 6.93. The van der Waals surface area contributed by atoms with Crippen molar-refractivity contribution in [3.63, 3.8) is 0 Å². The first-order valence-electron chi connectivity index (χ1n) is 9.15. The highest BCUT2D eigenvalue weighted by Gasteiger charge is 2.49. The van der Waals surface area contributed by atoms with Crippen LogP contribution in [0.25, 0.3) is 0 Å². The Morgan fingerprint density at radius 3 is 2.59 bits per heavy atom. The molecule has 0 spiro atoms. The summed E-state index contributed by atoms with van der Waals surface area (Å²) in [6, 6.07) is 6.82. The van der Waals surface area contributed by atoms with Gasteiger partial charge < -0.3 is 4.74 Å². The highest BCUT2D eigenvalue weighted by atomic mass is 32.1. The molecule has 1 heterocycles. The number of carbonyl (C=O) groups is 1. The van der Waals surface area contributed by atoms with Crippen molar-refractivity contribution in [2.75, 3.05) is 0 Å². The minimum absolute atomic E-state index is 0.109. The monoisotopic (exact) mass is 392 g/mol. The molecule has 0 aliphatic heterocycles. The van der Waals surface area contributed by atoms with Crippen LogP contribution in [0, 0.1) is 5.92 Å². The number of quaternary nitrogens is 1. The van der Waals surface area contributed by atoms with Crippen molar-refractivity contribution in [2.24, 2.45) is 11.8 Å². The molecule has 0 saturated heterocycles. The molecule has 1 amide bonds. The van der Waals surface area contributed by atoms with Crippen molar-refractivity contribution in [3.05, 3.63) is 46.4 Å². The van der Waals surface area contributed by atoms with Crippen molar-refractivity contribution in [1.29, 1.82) is 0 Å². The third-order valence-corrected chi connectivity index (χ3v) is 5.81. The first-order chi connectivity index (χ1) is 13.0. The van der Waals surface area contributed by atoms with Crippen LogP contribution in [-0.4, -0.2) is 20.9 Å². The largest absolute Gasteiger partial charge is 0.487 e. The number of hydrogen-bond donors (Lipinski definition) is 2. The first kappa shape index (κ1) is 19.9. The molecule has 1 aromatic carbocycles. The molecule has 3 rings (SSSR count). The van der Waals surface area contributed by atoms with E-state index >= 15 is 0 Å². The molecular weight excluding hydrogens is 366 g/mol. The third kappa shape index (κ3) is 4.53. The van der Waals surface area contributed by atoms with Gasteiger partial charge in [0.15, 0.2) is 6.04 Å². The molecule has 146 valence electrons. The number of benzene rings is 1. The highest BCUT2D eigenvalue weighted by molar-refractivity contribution is 7.07. The normalized spacial score (nSPS) is 18.6. The Kier molecular flexibility index (Phi) is 6.56. The van der Waals surface area contributed by atoms with Crippen LogP contribution < -0.4 is 10.6 Å². The summed E-state index contributed by atoms with van der Waals surface area (Å²) in [5.41, 5.74) is 3.44. The van der Waals surface area contributed by atoms with Crippen LogP contribution in [0.2, 0.25) is 0 Å². The van der Waals surface area contributed by atoms with Crippen molar-refractivity contribution in [3.8, 4) is 5.75 Å². The number of aromatic nitrogens is 1. The lowest BCUT2D eigenvalue weighted by molar-refractivity contribution is -1.21. The molecule has 2 atom stereocenters. The average Bonchev–Trinajstić information content (AvgIpc) is 3.21. The molecule has 8 heteroatoms. The topological polar surface area (TPSA) is 94.7 Å². The highest BCUT2D eigenvalue weighted by Crippen LogP contribution is 2.42. The van der Waals surface area contributed by atoms with E-state index in [4.69, 9.17) is 15.6 Å². The van der Waals surface area contributed by atoms with Crippen molar-refractivity contribution >= 4 is 17.2 Å². The fourth-order valence-electron chi connectivity index (χ4n) is 3.77. The van der Waals surface area contributed by atoms with Gasteiger partial charge in [0.05, 0.1) is 18.1 Å². The van der Waals surface area contributed by atoms with E-state index in [9.17, 15) is 10.0 Å². The Bertz CT molecular complexity index is 732. The molecule has 2 aromatic rings. The van der Waals surface area contributed by atoms with E-state index in [1.807, 2.05) is 29.6 Å². The molecule has 1 aliphatic carbocycles. The lowest BCUT2D eigenvalue weighted by atomic mass is 9.80. The van der Waals surface area contributed by atoms with E-state index in [1.165, 1.54) is 24.7 Å². The Morgan fingerprint density at radius 1 is 1.33 bits per heavy atom. The van der Waals surface area contributed by atoms with Crippen molar-refractivity contribution in [2.45, 2.75) is 51.7 Å². The summed E-state index contributed by atoms with van der Waals surface area (Å²) in [6.07, 6.45) is 5.15. The second-order valence-corrected chi connectivity index (χ2v) is 7.65. The molecule has 2 unspecified atom stereocenters. The second kappa shape index (κ2) is 8.90. The average molecular weight is 393 g/mol. The van der Waals surface area contributed by atoms with E-state index in [2.05, 4.69) is 4.98 Å². The van der Waals surface area contributed by atoms with Crippen molar-refractivity contribution in [1.82, 2.24) is 4.98 Å². The number of hydroxylamine groups is 4. The Morgan fingerprint density at radius 2 is 2.04 bits per heavy atom. The minimum Gasteiger partial charge on any atom is -0.487 e. The van der Waals surface area contributed by atoms with Gasteiger partial charge in [-0.05, 0) is 37.1 Å². The van der Waals surface area contributed by atoms with E-state index in [1.54, 1.807) is 5.51 Å². The summed E-state index contributed by atoms with van der Waals surface area (Å²) in [5, 5.41) is 12.8. The zero-order valence-electron chi connectivity index (χ0n) is 15.4. The van der Waals surface area contributed by atoms with Gasteiger partial charge in [0.2, 0.25) is 0 Å². The molecule has 3 N–H and O–H groups in total. The zero-order valence-corrected chi connectivity index (χ0v) is 16.2. The van der Waals surface area contributed by atoms with Crippen LogP contribution >= 0.6 is 11.3 Å². The van der Waals surface area contributed by atoms with Crippen LogP contribution in [0.5, 0.6) is 5.75 Å². The Hall–Kier alpha value is -1.84. The van der Waals surface area contributed by atoms with Crippen LogP contribution in [0.4, 0.5) is 0 Å². The zero-order chi connectivity index (χ0) is 19.3. The van der Waals surface area contributed by atoms with E-state index in [0.717, 1.165) is 36.9 Å². The molecule has 1 aliphatic rings. The van der Waals surface area contributed by atoms with Crippen LogP contribution in [0.3, 0.4) is 0 Å². The summed E-state index contributed by atoms with van der Waals surface area (Å²) < 4.78 is 5.74. The number of amides is 1. The van der Waals surface area contributed by atoms with Gasteiger partial charge in [-0.3, -0.25) is 0 Å². The number of nitrogens with zero attached hydrogens (tertiary/aromatic N) is 2. The SMILES string of the molecule is CC(=O)[N+](O)(ON)C(c1ccc(OCc2cscn2)cc1)C1CCCCC1.